The third-order valence-corrected chi connectivity index (χ3v) is 3.95. The molecule has 5 nitrogen and oxygen atoms in total. The highest BCUT2D eigenvalue weighted by atomic mass is 16.2. The third kappa shape index (κ3) is 3.48. The van der Waals surface area contributed by atoms with Crippen LogP contribution >= 0.6 is 0 Å². The minimum absolute atomic E-state index is 0.277. The maximum atomic E-state index is 12.1. The number of piperazine rings is 1. The fourth-order valence-electron chi connectivity index (χ4n) is 2.55. The number of pyridine rings is 1. The van der Waals surface area contributed by atoms with E-state index in [4.69, 9.17) is 0 Å². The zero-order valence-electron chi connectivity index (χ0n) is 11.8. The van der Waals surface area contributed by atoms with E-state index in [0.29, 0.717) is 12.5 Å². The number of anilines is 1. The van der Waals surface area contributed by atoms with Crippen LogP contribution in [0.1, 0.15) is 19.3 Å². The van der Waals surface area contributed by atoms with Gasteiger partial charge in [-0.2, -0.15) is 0 Å². The molecule has 0 spiro atoms. The Balaban J connectivity index is 1.42. The Bertz CT molecular complexity index is 438. The number of nitrogens with zero attached hydrogens (tertiary/aromatic N) is 3. The second-order valence-corrected chi connectivity index (χ2v) is 5.53. The minimum Gasteiger partial charge on any atom is -0.353 e. The lowest BCUT2D eigenvalue weighted by Gasteiger charge is -2.35. The van der Waals surface area contributed by atoms with E-state index in [1.165, 1.54) is 12.8 Å². The van der Waals surface area contributed by atoms with Crippen LogP contribution in [0.4, 0.5) is 5.82 Å². The summed E-state index contributed by atoms with van der Waals surface area (Å²) in [5.41, 5.74) is 0. The molecule has 2 aliphatic rings. The fraction of sp³-hybridized carbons (Fsp3) is 0.600. The molecule has 1 aromatic rings. The first-order valence-corrected chi connectivity index (χ1v) is 7.50. The fourth-order valence-corrected chi connectivity index (χ4v) is 2.55. The molecule has 0 atom stereocenters. The van der Waals surface area contributed by atoms with Crippen LogP contribution in [0.15, 0.2) is 24.4 Å². The van der Waals surface area contributed by atoms with Gasteiger partial charge >= 0.3 is 0 Å². The molecule has 2 fully saturated rings. The van der Waals surface area contributed by atoms with Crippen molar-refractivity contribution in [2.45, 2.75) is 25.3 Å². The highest BCUT2D eigenvalue weighted by molar-refractivity contribution is 5.76. The van der Waals surface area contributed by atoms with Crippen molar-refractivity contribution in [1.29, 1.82) is 0 Å². The van der Waals surface area contributed by atoms with Gasteiger partial charge < -0.3 is 15.1 Å². The lowest BCUT2D eigenvalue weighted by atomic mass is 10.2. The van der Waals surface area contributed by atoms with Gasteiger partial charge in [0.15, 0.2) is 0 Å². The van der Waals surface area contributed by atoms with Gasteiger partial charge in [-0.3, -0.25) is 4.79 Å². The molecule has 3 rings (SSSR count). The molecule has 0 aromatic carbocycles. The monoisotopic (exact) mass is 274 g/mol. The number of carbonyl (C=O) groups excluding carboxylic acids is 1. The van der Waals surface area contributed by atoms with Gasteiger partial charge in [0, 0.05) is 51.4 Å². The van der Waals surface area contributed by atoms with Gasteiger partial charge in [0.25, 0.3) is 0 Å². The van der Waals surface area contributed by atoms with Gasteiger partial charge in [0.05, 0.1) is 0 Å². The minimum atomic E-state index is 0.277. The normalized spacial score (nSPS) is 19.2. The van der Waals surface area contributed by atoms with E-state index in [0.717, 1.165) is 38.5 Å². The molecule has 1 aliphatic heterocycles. The summed E-state index contributed by atoms with van der Waals surface area (Å²) >= 11 is 0. The molecule has 20 heavy (non-hydrogen) atoms. The molecule has 1 saturated carbocycles. The Morgan fingerprint density at radius 1 is 1.25 bits per heavy atom. The van der Waals surface area contributed by atoms with Crippen molar-refractivity contribution >= 4 is 11.7 Å². The average Bonchev–Trinajstić information content (AvgIpc) is 3.32. The number of amides is 1. The van der Waals surface area contributed by atoms with Crippen molar-refractivity contribution in [1.82, 2.24) is 15.2 Å². The van der Waals surface area contributed by atoms with E-state index in [9.17, 15) is 4.79 Å². The molecule has 0 bridgehead atoms. The van der Waals surface area contributed by atoms with Crippen LogP contribution in [0.3, 0.4) is 0 Å². The van der Waals surface area contributed by atoms with E-state index < -0.39 is 0 Å². The van der Waals surface area contributed by atoms with Crippen LogP contribution in [0.2, 0.25) is 0 Å². The summed E-state index contributed by atoms with van der Waals surface area (Å²) in [7, 11) is 0. The highest BCUT2D eigenvalue weighted by Gasteiger charge is 2.23. The van der Waals surface area contributed by atoms with Gasteiger partial charge in [-0.15, -0.1) is 0 Å². The predicted molar refractivity (Wildman–Crippen MR) is 78.7 cm³/mol. The van der Waals surface area contributed by atoms with Crippen molar-refractivity contribution in [3.63, 3.8) is 0 Å². The van der Waals surface area contributed by atoms with Gasteiger partial charge in [-0.25, -0.2) is 4.98 Å². The number of rotatable bonds is 5. The van der Waals surface area contributed by atoms with Crippen LogP contribution in [0.5, 0.6) is 0 Å². The summed E-state index contributed by atoms with van der Waals surface area (Å²) in [5, 5.41) is 3.39. The van der Waals surface area contributed by atoms with Crippen molar-refractivity contribution in [2.24, 2.45) is 0 Å². The molecular formula is C15H22N4O. The standard InChI is InChI=1S/C15H22N4O/c20-15(6-8-16-13-4-5-13)19-11-9-18(10-12-19)14-3-1-2-7-17-14/h1-3,7,13,16H,4-6,8-12H2. The summed E-state index contributed by atoms with van der Waals surface area (Å²) < 4.78 is 0. The maximum absolute atomic E-state index is 12.1. The van der Waals surface area contributed by atoms with Crippen molar-refractivity contribution < 1.29 is 4.79 Å². The molecule has 2 heterocycles. The van der Waals surface area contributed by atoms with E-state index in [-0.39, 0.29) is 5.91 Å². The van der Waals surface area contributed by atoms with Gasteiger partial charge in [0.2, 0.25) is 5.91 Å². The lowest BCUT2D eigenvalue weighted by molar-refractivity contribution is -0.131. The van der Waals surface area contributed by atoms with E-state index in [1.807, 2.05) is 29.3 Å². The molecule has 1 N–H and O–H groups in total. The number of hydrogen-bond acceptors (Lipinski definition) is 4. The van der Waals surface area contributed by atoms with Crippen molar-refractivity contribution in [3.8, 4) is 0 Å². The summed E-state index contributed by atoms with van der Waals surface area (Å²) in [6.45, 7) is 4.18. The molecular weight excluding hydrogens is 252 g/mol. The summed E-state index contributed by atoms with van der Waals surface area (Å²) in [6.07, 6.45) is 4.99. The number of hydrogen-bond donors (Lipinski definition) is 1. The second-order valence-electron chi connectivity index (χ2n) is 5.53. The highest BCUT2D eigenvalue weighted by Crippen LogP contribution is 2.18. The quantitative estimate of drug-likeness (QED) is 0.865. The second kappa shape index (κ2) is 6.22. The number of aromatic nitrogens is 1. The van der Waals surface area contributed by atoms with E-state index in [2.05, 4.69) is 15.2 Å². The molecule has 0 radical (unpaired) electrons. The first-order valence-electron chi connectivity index (χ1n) is 7.50. The van der Waals surface area contributed by atoms with Crippen LogP contribution in [0, 0.1) is 0 Å². The van der Waals surface area contributed by atoms with E-state index >= 15 is 0 Å². The summed E-state index contributed by atoms with van der Waals surface area (Å²) in [6, 6.07) is 6.64. The number of carbonyl (C=O) groups is 1. The molecule has 1 saturated heterocycles. The Kier molecular flexibility index (Phi) is 4.16. The van der Waals surface area contributed by atoms with Crippen LogP contribution in [0.25, 0.3) is 0 Å². The topological polar surface area (TPSA) is 48.5 Å². The van der Waals surface area contributed by atoms with Crippen LogP contribution in [-0.4, -0.2) is 54.6 Å². The predicted octanol–water partition coefficient (Wildman–Crippen LogP) is 0.872. The zero-order chi connectivity index (χ0) is 13.8. The molecule has 108 valence electrons. The largest absolute Gasteiger partial charge is 0.353 e. The van der Waals surface area contributed by atoms with E-state index in [1.54, 1.807) is 0 Å². The smallest absolute Gasteiger partial charge is 0.223 e. The Morgan fingerprint density at radius 2 is 2.05 bits per heavy atom. The molecule has 5 heteroatoms. The third-order valence-electron chi connectivity index (χ3n) is 3.95. The SMILES string of the molecule is O=C(CCNC1CC1)N1CCN(c2ccccn2)CC1. The van der Waals surface area contributed by atoms with Crippen molar-refractivity contribution in [2.75, 3.05) is 37.6 Å². The van der Waals surface area contributed by atoms with Gasteiger partial charge in [0.1, 0.15) is 5.82 Å². The Labute approximate surface area is 120 Å². The average molecular weight is 274 g/mol. The zero-order valence-corrected chi connectivity index (χ0v) is 11.8. The maximum Gasteiger partial charge on any atom is 0.223 e. The molecule has 1 aromatic heterocycles. The lowest BCUT2D eigenvalue weighted by Crippen LogP contribution is -2.49. The molecule has 0 unspecified atom stereocenters. The Morgan fingerprint density at radius 3 is 2.70 bits per heavy atom. The molecule has 1 amide bonds. The molecule has 1 aliphatic carbocycles. The van der Waals surface area contributed by atoms with Gasteiger partial charge in [-0.05, 0) is 25.0 Å². The van der Waals surface area contributed by atoms with Crippen LogP contribution < -0.4 is 10.2 Å². The number of nitrogens with one attached hydrogen (secondary N) is 1. The van der Waals surface area contributed by atoms with Crippen LogP contribution in [-0.2, 0) is 4.79 Å². The Hall–Kier alpha value is -1.62. The first-order chi connectivity index (χ1) is 9.83. The van der Waals surface area contributed by atoms with Crippen molar-refractivity contribution in [3.05, 3.63) is 24.4 Å². The summed E-state index contributed by atoms with van der Waals surface area (Å²) in [5.74, 6) is 1.29. The first kappa shape index (κ1) is 13.4. The van der Waals surface area contributed by atoms with Gasteiger partial charge in [-0.1, -0.05) is 6.07 Å². The summed E-state index contributed by atoms with van der Waals surface area (Å²) in [4.78, 5) is 20.7.